The normalized spacial score (nSPS) is 21.9. The maximum absolute atomic E-state index is 10.3. The number of nitriles is 1. The third-order valence-corrected chi connectivity index (χ3v) is 1.31. The minimum atomic E-state index is -0.971. The maximum Gasteiger partial charge on any atom is 0.315 e. The largest absolute Gasteiger partial charge is 0.481 e. The summed E-state index contributed by atoms with van der Waals surface area (Å²) in [7, 11) is 0. The second kappa shape index (κ2) is 2.36. The van der Waals surface area contributed by atoms with E-state index in [1.54, 1.807) is 6.08 Å². The lowest BCUT2D eigenvalue weighted by molar-refractivity contribution is -0.138. The van der Waals surface area contributed by atoms with Gasteiger partial charge in [0.2, 0.25) is 0 Å². The molecule has 0 spiro atoms. The molecule has 50 valence electrons. The van der Waals surface area contributed by atoms with E-state index in [1.165, 1.54) is 12.2 Å². The number of allylic oxidation sites excluding steroid dienone is 2. The Morgan fingerprint density at radius 3 is 2.90 bits per heavy atom. The van der Waals surface area contributed by atoms with Crippen molar-refractivity contribution in [2.45, 2.75) is 0 Å². The number of carbonyl (C=O) groups is 1. The summed E-state index contributed by atoms with van der Waals surface area (Å²) in [5.41, 5.74) is 0.299. The lowest BCUT2D eigenvalue weighted by atomic mass is 10.1. The molecular weight excluding hydrogens is 130 g/mol. The Bertz CT molecular complexity index is 257. The van der Waals surface area contributed by atoms with Gasteiger partial charge < -0.3 is 5.11 Å². The molecule has 1 unspecified atom stereocenters. The van der Waals surface area contributed by atoms with E-state index in [0.29, 0.717) is 5.57 Å². The highest BCUT2D eigenvalue weighted by Gasteiger charge is 2.21. The van der Waals surface area contributed by atoms with Gasteiger partial charge in [-0.05, 0) is 6.08 Å². The minimum Gasteiger partial charge on any atom is -0.481 e. The molecule has 0 radical (unpaired) electrons. The summed E-state index contributed by atoms with van der Waals surface area (Å²) in [5.74, 6) is -1.69. The first-order chi connectivity index (χ1) is 4.75. The molecule has 1 N–H and O–H groups in total. The van der Waals surface area contributed by atoms with E-state index >= 15 is 0 Å². The van der Waals surface area contributed by atoms with Gasteiger partial charge in [0, 0.05) is 5.57 Å². The molecule has 1 rings (SSSR count). The van der Waals surface area contributed by atoms with E-state index in [4.69, 9.17) is 10.4 Å². The van der Waals surface area contributed by atoms with Gasteiger partial charge in [0.25, 0.3) is 0 Å². The predicted molar refractivity (Wildman–Crippen MR) is 34.0 cm³/mol. The van der Waals surface area contributed by atoms with Crippen LogP contribution in [0.25, 0.3) is 0 Å². The van der Waals surface area contributed by atoms with Gasteiger partial charge in [-0.1, -0.05) is 12.2 Å². The van der Waals surface area contributed by atoms with Crippen molar-refractivity contribution >= 4 is 5.97 Å². The molecule has 0 aromatic rings. The van der Waals surface area contributed by atoms with Gasteiger partial charge in [0.1, 0.15) is 5.92 Å². The van der Waals surface area contributed by atoms with E-state index in [9.17, 15) is 4.79 Å². The van der Waals surface area contributed by atoms with Crippen LogP contribution in [0.4, 0.5) is 0 Å². The zero-order chi connectivity index (χ0) is 7.56. The fourth-order valence-electron chi connectivity index (χ4n) is 0.800. The Morgan fingerprint density at radius 2 is 2.50 bits per heavy atom. The fourth-order valence-corrected chi connectivity index (χ4v) is 0.800. The molecule has 1 aliphatic carbocycles. The average molecular weight is 135 g/mol. The number of rotatable bonds is 1. The van der Waals surface area contributed by atoms with Gasteiger partial charge in [-0.25, -0.2) is 0 Å². The van der Waals surface area contributed by atoms with Crippen molar-refractivity contribution in [1.82, 2.24) is 0 Å². The number of hydrogen-bond donors (Lipinski definition) is 1. The highest BCUT2D eigenvalue weighted by molar-refractivity contribution is 5.78. The van der Waals surface area contributed by atoms with Crippen LogP contribution < -0.4 is 0 Å². The molecule has 0 amide bonds. The summed E-state index contributed by atoms with van der Waals surface area (Å²) >= 11 is 0. The standard InChI is InChI=1S/C7H5NO2/c8-4-5-2-1-3-6(5)7(9)10/h1-3,6H,(H,9,10). The Morgan fingerprint density at radius 1 is 1.80 bits per heavy atom. The summed E-state index contributed by atoms with van der Waals surface area (Å²) in [4.78, 5) is 10.3. The SMILES string of the molecule is N#CC1=CC=CC1C(=O)O. The summed E-state index contributed by atoms with van der Waals surface area (Å²) in [6.07, 6.45) is 4.58. The third kappa shape index (κ3) is 0.914. The number of carboxylic acid groups (broad SMARTS) is 1. The van der Waals surface area contributed by atoms with Crippen molar-refractivity contribution in [1.29, 1.82) is 5.26 Å². The molecule has 0 saturated heterocycles. The van der Waals surface area contributed by atoms with Crippen LogP contribution in [-0.2, 0) is 4.79 Å². The number of aliphatic carboxylic acids is 1. The quantitative estimate of drug-likeness (QED) is 0.575. The van der Waals surface area contributed by atoms with Crippen LogP contribution in [0.1, 0.15) is 0 Å². The smallest absolute Gasteiger partial charge is 0.315 e. The zero-order valence-electron chi connectivity index (χ0n) is 5.11. The van der Waals surface area contributed by atoms with Crippen molar-refractivity contribution in [2.24, 2.45) is 5.92 Å². The van der Waals surface area contributed by atoms with Gasteiger partial charge in [-0.3, -0.25) is 4.79 Å². The monoisotopic (exact) mass is 135 g/mol. The maximum atomic E-state index is 10.3. The molecular formula is C7H5NO2. The van der Waals surface area contributed by atoms with E-state index in [2.05, 4.69) is 0 Å². The molecule has 0 heterocycles. The van der Waals surface area contributed by atoms with E-state index in [1.807, 2.05) is 6.07 Å². The number of carboxylic acids is 1. The second-order valence-electron chi connectivity index (χ2n) is 1.93. The average Bonchev–Trinajstić information content (AvgIpc) is 2.33. The topological polar surface area (TPSA) is 61.1 Å². The minimum absolute atomic E-state index is 0.299. The summed E-state index contributed by atoms with van der Waals surface area (Å²) in [5, 5.41) is 16.8. The van der Waals surface area contributed by atoms with Crippen LogP contribution in [0.15, 0.2) is 23.8 Å². The number of hydrogen-bond acceptors (Lipinski definition) is 2. The first-order valence-electron chi connectivity index (χ1n) is 2.77. The van der Waals surface area contributed by atoms with Crippen LogP contribution in [0.2, 0.25) is 0 Å². The Labute approximate surface area is 57.9 Å². The highest BCUT2D eigenvalue weighted by atomic mass is 16.4. The molecule has 0 aliphatic heterocycles. The summed E-state index contributed by atoms with van der Waals surface area (Å²) < 4.78 is 0. The summed E-state index contributed by atoms with van der Waals surface area (Å²) in [6.45, 7) is 0. The third-order valence-electron chi connectivity index (χ3n) is 1.31. The van der Waals surface area contributed by atoms with E-state index in [0.717, 1.165) is 0 Å². The van der Waals surface area contributed by atoms with Crippen LogP contribution in [0.5, 0.6) is 0 Å². The van der Waals surface area contributed by atoms with Crippen molar-refractivity contribution < 1.29 is 9.90 Å². The molecule has 3 nitrogen and oxygen atoms in total. The molecule has 3 heteroatoms. The van der Waals surface area contributed by atoms with Crippen molar-refractivity contribution in [3.05, 3.63) is 23.8 Å². The molecule has 1 aliphatic rings. The number of nitrogens with zero attached hydrogens (tertiary/aromatic N) is 1. The molecule has 0 aromatic carbocycles. The predicted octanol–water partition coefficient (Wildman–Crippen LogP) is 0.707. The van der Waals surface area contributed by atoms with Gasteiger partial charge in [0.05, 0.1) is 6.07 Å². The van der Waals surface area contributed by atoms with Gasteiger partial charge in [-0.15, -0.1) is 0 Å². The lowest BCUT2D eigenvalue weighted by Gasteiger charge is -1.98. The van der Waals surface area contributed by atoms with Crippen molar-refractivity contribution in [2.75, 3.05) is 0 Å². The molecule has 0 bridgehead atoms. The van der Waals surface area contributed by atoms with Crippen molar-refractivity contribution in [3.8, 4) is 6.07 Å². The van der Waals surface area contributed by atoms with E-state index < -0.39 is 11.9 Å². The molecule has 1 atom stereocenters. The molecule has 10 heavy (non-hydrogen) atoms. The van der Waals surface area contributed by atoms with Crippen molar-refractivity contribution in [3.63, 3.8) is 0 Å². The van der Waals surface area contributed by atoms with Gasteiger partial charge in [-0.2, -0.15) is 5.26 Å². The summed E-state index contributed by atoms with van der Waals surface area (Å²) in [6, 6.07) is 1.81. The van der Waals surface area contributed by atoms with Crippen LogP contribution in [0.3, 0.4) is 0 Å². The van der Waals surface area contributed by atoms with Crippen LogP contribution >= 0.6 is 0 Å². The lowest BCUT2D eigenvalue weighted by Crippen LogP contribution is -2.10. The Balaban J connectivity index is 2.84. The van der Waals surface area contributed by atoms with E-state index in [-0.39, 0.29) is 0 Å². The second-order valence-corrected chi connectivity index (χ2v) is 1.93. The molecule has 0 aromatic heterocycles. The Hall–Kier alpha value is -1.56. The Kier molecular flexibility index (Phi) is 1.55. The zero-order valence-corrected chi connectivity index (χ0v) is 5.11. The first kappa shape index (κ1) is 6.56. The highest BCUT2D eigenvalue weighted by Crippen LogP contribution is 2.17. The van der Waals surface area contributed by atoms with Crippen LogP contribution in [0, 0.1) is 17.2 Å². The first-order valence-corrected chi connectivity index (χ1v) is 2.77. The van der Waals surface area contributed by atoms with Crippen LogP contribution in [-0.4, -0.2) is 11.1 Å². The molecule has 0 saturated carbocycles. The molecule has 0 fully saturated rings. The van der Waals surface area contributed by atoms with Gasteiger partial charge in [0.15, 0.2) is 0 Å². The van der Waals surface area contributed by atoms with Gasteiger partial charge >= 0.3 is 5.97 Å². The fraction of sp³-hybridized carbons (Fsp3) is 0.143.